The van der Waals surface area contributed by atoms with Gasteiger partial charge in [-0.05, 0) is 56.4 Å². The lowest BCUT2D eigenvalue weighted by Gasteiger charge is -2.30. The number of benzene rings is 4. The summed E-state index contributed by atoms with van der Waals surface area (Å²) >= 11 is 3.05. The van der Waals surface area contributed by atoms with Crippen LogP contribution in [0, 0.1) is 11.8 Å². The molecule has 0 aromatic heterocycles. The Bertz CT molecular complexity index is 1730. The number of carbonyl (C=O) groups is 4. The molecule has 4 aromatic carbocycles. The first-order valence-electron chi connectivity index (χ1n) is 20.4. The minimum absolute atomic E-state index is 0.0455. The van der Waals surface area contributed by atoms with Crippen molar-refractivity contribution in [3.05, 3.63) is 144 Å². The predicted octanol–water partition coefficient (Wildman–Crippen LogP) is 10.1. The number of hydrogen-bond donors (Lipinski definition) is 4. The maximum absolute atomic E-state index is 13.0. The van der Waals surface area contributed by atoms with E-state index in [1.807, 2.05) is 45.0 Å². The summed E-state index contributed by atoms with van der Waals surface area (Å²) in [6.45, 7) is 15.1. The maximum atomic E-state index is 13.0. The molecule has 0 radical (unpaired) electrons. The number of nitrogens with one attached hydrogen (secondary N) is 2. The van der Waals surface area contributed by atoms with Gasteiger partial charge in [-0.1, -0.05) is 135 Å². The van der Waals surface area contributed by atoms with Crippen LogP contribution in [-0.2, 0) is 19.2 Å². The highest BCUT2D eigenvalue weighted by atomic mass is 32.2. The van der Waals surface area contributed by atoms with Crippen molar-refractivity contribution in [1.82, 2.24) is 10.6 Å². The summed E-state index contributed by atoms with van der Waals surface area (Å²) in [7, 11) is -1.00. The van der Waals surface area contributed by atoms with E-state index in [0.717, 1.165) is 6.42 Å². The monoisotopic (exact) mass is 848 g/mol. The van der Waals surface area contributed by atoms with Crippen molar-refractivity contribution in [1.29, 1.82) is 0 Å². The molecular weight excluding hydrogens is 782 g/mol. The molecule has 322 valence electrons. The number of carboxylic acid groups (broad SMARTS) is 1. The first-order chi connectivity index (χ1) is 28.4. The topological polar surface area (TPSA) is 139 Å². The number of hydrogen-bond acceptors (Lipinski definition) is 7. The average Bonchev–Trinajstić information content (AvgIpc) is 3.22. The van der Waals surface area contributed by atoms with Gasteiger partial charge in [-0.2, -0.15) is 0 Å². The molecule has 0 aliphatic heterocycles. The summed E-state index contributed by atoms with van der Waals surface area (Å²) in [6, 6.07) is 41.6. The molecule has 0 bridgehead atoms. The van der Waals surface area contributed by atoms with Crippen LogP contribution in [0.15, 0.2) is 121 Å². The quantitative estimate of drug-likeness (QED) is 0.0727. The number of ketones is 1. The van der Waals surface area contributed by atoms with Gasteiger partial charge in [-0.3, -0.25) is 23.6 Å². The summed E-state index contributed by atoms with van der Waals surface area (Å²) < 4.78 is 14.9. The molecule has 0 heterocycles. The first kappa shape index (κ1) is 50.7. The van der Waals surface area contributed by atoms with E-state index in [0.29, 0.717) is 30.6 Å². The third kappa shape index (κ3) is 19.9. The van der Waals surface area contributed by atoms with E-state index in [-0.39, 0.29) is 38.9 Å². The van der Waals surface area contributed by atoms with Crippen molar-refractivity contribution >= 4 is 47.1 Å². The Morgan fingerprint density at radius 1 is 0.644 bits per heavy atom. The molecule has 0 aliphatic rings. The second-order valence-electron chi connectivity index (χ2n) is 15.0. The van der Waals surface area contributed by atoms with Crippen LogP contribution in [0.3, 0.4) is 0 Å². The molecule has 2 atom stereocenters. The lowest BCUT2D eigenvalue weighted by Crippen LogP contribution is -2.34. The van der Waals surface area contributed by atoms with E-state index in [4.69, 9.17) is 12.2 Å². The fourth-order valence-electron chi connectivity index (χ4n) is 5.82. The van der Waals surface area contributed by atoms with Crippen LogP contribution < -0.4 is 16.4 Å². The number of nitrogens with two attached hydrogens (primary N) is 1. The average molecular weight is 849 g/mol. The van der Waals surface area contributed by atoms with Crippen LogP contribution in [0.1, 0.15) is 104 Å². The van der Waals surface area contributed by atoms with Crippen LogP contribution in [0.4, 0.5) is 4.39 Å². The Labute approximate surface area is 362 Å². The van der Waals surface area contributed by atoms with Crippen molar-refractivity contribution in [2.24, 2.45) is 17.6 Å². The largest absolute Gasteiger partial charge is 0.481 e. The SMILES string of the molecule is CC(=O)NCSC(C)(C)[C@H](C)C(=O)CCC(c1ccccc1)c1ccccc1.CC(=O)NCSC(C)(C)[C@H](C)C(=O)O.NCC(c1ccccc1)c1ccccc1.[2H]CF. The zero-order chi connectivity index (χ0) is 45.1. The summed E-state index contributed by atoms with van der Waals surface area (Å²) in [4.78, 5) is 45.4. The molecule has 0 saturated heterocycles. The van der Waals surface area contributed by atoms with Gasteiger partial charge in [0.15, 0.2) is 0 Å². The Balaban J connectivity index is 0.000000474. The smallest absolute Gasteiger partial charge is 0.307 e. The molecule has 0 spiro atoms. The molecule has 8 nitrogen and oxygen atoms in total. The molecular formula is C48H66FN3O5S2. The van der Waals surface area contributed by atoms with Gasteiger partial charge in [0.25, 0.3) is 0 Å². The van der Waals surface area contributed by atoms with Crippen molar-refractivity contribution < 1.29 is 30.0 Å². The van der Waals surface area contributed by atoms with Crippen LogP contribution in [0.5, 0.6) is 0 Å². The Morgan fingerprint density at radius 3 is 1.24 bits per heavy atom. The molecule has 5 N–H and O–H groups in total. The molecule has 0 saturated carbocycles. The number of amides is 2. The number of aliphatic carboxylic acids is 1. The summed E-state index contributed by atoms with van der Waals surface area (Å²) in [5.41, 5.74) is 10.9. The number of carboxylic acids is 1. The van der Waals surface area contributed by atoms with Crippen LogP contribution in [0.25, 0.3) is 0 Å². The van der Waals surface area contributed by atoms with Crippen molar-refractivity contribution in [3.8, 4) is 0 Å². The number of Topliss-reactive ketones (excluding diaryl/α,β-unsaturated/α-hetero) is 1. The van der Waals surface area contributed by atoms with Gasteiger partial charge in [-0.25, -0.2) is 0 Å². The lowest BCUT2D eigenvalue weighted by atomic mass is 9.84. The van der Waals surface area contributed by atoms with Gasteiger partial charge >= 0.3 is 5.97 Å². The zero-order valence-electron chi connectivity index (χ0n) is 37.0. The van der Waals surface area contributed by atoms with Crippen molar-refractivity contribution in [2.45, 2.75) is 89.6 Å². The highest BCUT2D eigenvalue weighted by molar-refractivity contribution is 8.00. The number of carbonyl (C=O) groups excluding carboxylic acids is 3. The van der Waals surface area contributed by atoms with Crippen LogP contribution in [-0.4, -0.2) is 63.6 Å². The molecule has 11 heteroatoms. The van der Waals surface area contributed by atoms with Gasteiger partial charge in [0.1, 0.15) is 5.78 Å². The molecule has 0 fully saturated rings. The van der Waals surface area contributed by atoms with Crippen LogP contribution in [0.2, 0.25) is 0 Å². The second kappa shape index (κ2) is 28.1. The van der Waals surface area contributed by atoms with Gasteiger partial charge in [0.2, 0.25) is 11.8 Å². The Kier molecular flexibility index (Phi) is 24.1. The number of halogens is 1. The maximum Gasteiger partial charge on any atom is 0.307 e. The van der Waals surface area contributed by atoms with E-state index in [1.54, 1.807) is 18.7 Å². The third-order valence-corrected chi connectivity index (χ3v) is 13.0. The Morgan fingerprint density at radius 2 is 0.949 bits per heavy atom. The zero-order valence-corrected chi connectivity index (χ0v) is 37.6. The fourth-order valence-corrected chi connectivity index (χ4v) is 7.84. The van der Waals surface area contributed by atoms with E-state index < -0.39 is 19.0 Å². The summed E-state index contributed by atoms with van der Waals surface area (Å²) in [5, 5.41) is 14.3. The van der Waals surface area contributed by atoms with E-state index in [1.165, 1.54) is 47.9 Å². The fraction of sp³-hybridized carbons (Fsp3) is 0.417. The number of alkyl halides is 1. The minimum atomic E-state index is -1.00. The number of thioether (sulfide) groups is 2. The summed E-state index contributed by atoms with van der Waals surface area (Å²) in [5.74, 6) is 0.284. The van der Waals surface area contributed by atoms with E-state index in [2.05, 4.69) is 122 Å². The van der Waals surface area contributed by atoms with Crippen molar-refractivity contribution in [2.75, 3.05) is 25.5 Å². The molecule has 2 amide bonds. The standard InChI is InChI=1S/C24H31NO2S.C14H15N.C9H17NO3S.CH3F/c1-18(24(3,4)28-17-25-19(2)26)23(27)16-15-22(20-11-7-5-8-12-20)21-13-9-6-10-14-21;15-11-14(12-7-3-1-4-8-12)13-9-5-2-6-10-13;1-6(8(12)13)9(3,4)14-5-10-7(2)11;1-2/h5-14,18,22H,15-17H2,1-4H3,(H,25,26);1-10,14H,11,15H2;6H,5H2,1-4H3,(H,10,11)(H,12,13);1H3/t18-;;6-;/m1.1./s1/i;;;1D. The molecule has 4 aromatic rings. The molecule has 0 unspecified atom stereocenters. The molecule has 59 heavy (non-hydrogen) atoms. The predicted molar refractivity (Wildman–Crippen MR) is 246 cm³/mol. The van der Waals surface area contributed by atoms with Gasteiger partial charge in [0, 0.05) is 54.1 Å². The van der Waals surface area contributed by atoms with E-state index >= 15 is 0 Å². The number of rotatable bonds is 18. The normalized spacial score (nSPS) is 12.2. The lowest BCUT2D eigenvalue weighted by molar-refractivity contribution is -0.142. The molecule has 0 aliphatic carbocycles. The van der Waals surface area contributed by atoms with E-state index in [9.17, 15) is 23.6 Å². The van der Waals surface area contributed by atoms with Crippen LogP contribution >= 0.6 is 23.5 Å². The van der Waals surface area contributed by atoms with Gasteiger partial charge in [0.05, 0.1) is 26.2 Å². The first-order valence-corrected chi connectivity index (χ1v) is 21.7. The molecule has 4 rings (SSSR count). The van der Waals surface area contributed by atoms with Gasteiger partial charge < -0.3 is 21.5 Å². The third-order valence-electron chi connectivity index (χ3n) is 10.2. The second-order valence-corrected chi connectivity index (χ2v) is 18.3. The van der Waals surface area contributed by atoms with Gasteiger partial charge in [-0.15, -0.1) is 23.5 Å². The van der Waals surface area contributed by atoms with Crippen molar-refractivity contribution in [3.63, 3.8) is 0 Å². The Hall–Kier alpha value is -4.45. The highest BCUT2D eigenvalue weighted by Gasteiger charge is 2.33. The highest BCUT2D eigenvalue weighted by Crippen LogP contribution is 2.36. The summed E-state index contributed by atoms with van der Waals surface area (Å²) in [6.07, 6.45) is 1.34. The minimum Gasteiger partial charge on any atom is -0.481 e.